The van der Waals surface area contributed by atoms with Gasteiger partial charge in [-0.25, -0.2) is 0 Å². The zero-order valence-electron chi connectivity index (χ0n) is 11.2. The van der Waals surface area contributed by atoms with Gasteiger partial charge in [-0.3, -0.25) is 4.68 Å². The first-order valence-corrected chi connectivity index (χ1v) is 8.25. The van der Waals surface area contributed by atoms with E-state index in [1.165, 1.54) is 32.8 Å². The Morgan fingerprint density at radius 2 is 2.21 bits per heavy atom. The highest BCUT2D eigenvalue weighted by Gasteiger charge is 2.21. The van der Waals surface area contributed by atoms with Crippen molar-refractivity contribution in [3.63, 3.8) is 0 Å². The van der Waals surface area contributed by atoms with E-state index in [4.69, 9.17) is 0 Å². The maximum atomic E-state index is 4.68. The second-order valence-corrected chi connectivity index (χ2v) is 7.72. The third-order valence-corrected chi connectivity index (χ3v) is 5.22. The van der Waals surface area contributed by atoms with Gasteiger partial charge in [-0.1, -0.05) is 0 Å². The van der Waals surface area contributed by atoms with Crippen LogP contribution in [0.15, 0.2) is 15.9 Å². The first-order valence-electron chi connectivity index (χ1n) is 6.64. The summed E-state index contributed by atoms with van der Waals surface area (Å²) in [5.74, 6) is 0. The summed E-state index contributed by atoms with van der Waals surface area (Å²) < 4.78 is 3.30. The number of nitrogens with zero attached hydrogens (tertiary/aromatic N) is 2. The van der Waals surface area contributed by atoms with Crippen LogP contribution < -0.4 is 5.32 Å². The molecular formula is C14H18BrN3S. The summed E-state index contributed by atoms with van der Waals surface area (Å²) in [6, 6.07) is 5.00. The molecule has 0 unspecified atom stereocenters. The van der Waals surface area contributed by atoms with E-state index >= 15 is 0 Å². The second kappa shape index (κ2) is 5.38. The van der Waals surface area contributed by atoms with Crippen molar-refractivity contribution in [3.05, 3.63) is 37.7 Å². The van der Waals surface area contributed by atoms with Gasteiger partial charge in [-0.15, -0.1) is 11.3 Å². The third kappa shape index (κ3) is 3.09. The molecule has 0 aromatic carbocycles. The van der Waals surface area contributed by atoms with E-state index in [1.54, 1.807) is 11.3 Å². The molecule has 3 rings (SSSR count). The van der Waals surface area contributed by atoms with Crippen molar-refractivity contribution in [1.29, 1.82) is 0 Å². The highest BCUT2D eigenvalue weighted by Crippen LogP contribution is 2.24. The number of aryl methyl sites for hydroxylation is 1. The van der Waals surface area contributed by atoms with Gasteiger partial charge in [-0.2, -0.15) is 5.10 Å². The van der Waals surface area contributed by atoms with Gasteiger partial charge in [0.25, 0.3) is 0 Å². The first kappa shape index (κ1) is 13.3. The quantitative estimate of drug-likeness (QED) is 0.901. The van der Waals surface area contributed by atoms with Crippen molar-refractivity contribution in [1.82, 2.24) is 15.1 Å². The van der Waals surface area contributed by atoms with Crippen LogP contribution in [0.1, 0.15) is 34.7 Å². The molecule has 0 saturated heterocycles. The van der Waals surface area contributed by atoms with Crippen molar-refractivity contribution in [2.75, 3.05) is 0 Å². The fourth-order valence-electron chi connectivity index (χ4n) is 2.26. The molecule has 1 saturated carbocycles. The fourth-order valence-corrected chi connectivity index (χ4v) is 3.73. The smallest absolute Gasteiger partial charge is 0.0755 e. The lowest BCUT2D eigenvalue weighted by Crippen LogP contribution is -2.16. The van der Waals surface area contributed by atoms with Gasteiger partial charge in [0.1, 0.15) is 0 Å². The predicted molar refractivity (Wildman–Crippen MR) is 82.7 cm³/mol. The Bertz CT molecular complexity index is 584. The molecule has 2 heterocycles. The zero-order chi connectivity index (χ0) is 13.4. The largest absolute Gasteiger partial charge is 0.310 e. The number of nitrogens with one attached hydrogen (secondary N) is 1. The van der Waals surface area contributed by atoms with Crippen molar-refractivity contribution in [2.45, 2.75) is 45.8 Å². The van der Waals surface area contributed by atoms with E-state index in [1.807, 2.05) is 0 Å². The van der Waals surface area contributed by atoms with E-state index < -0.39 is 0 Å². The number of thiophene rings is 1. The molecule has 2 aromatic rings. The van der Waals surface area contributed by atoms with Gasteiger partial charge in [0, 0.05) is 28.7 Å². The minimum atomic E-state index is 0.746. The van der Waals surface area contributed by atoms with Crippen LogP contribution in [-0.2, 0) is 13.1 Å². The topological polar surface area (TPSA) is 29.9 Å². The zero-order valence-corrected chi connectivity index (χ0v) is 13.6. The number of hydrogen-bond acceptors (Lipinski definition) is 3. The van der Waals surface area contributed by atoms with E-state index in [2.05, 4.69) is 57.0 Å². The SMILES string of the molecule is Cc1nn(Cc2ccc(Br)s2)c(C)c1CNC1CC1. The minimum Gasteiger partial charge on any atom is -0.310 e. The minimum absolute atomic E-state index is 0.746. The van der Waals surface area contributed by atoms with Crippen LogP contribution >= 0.6 is 27.3 Å². The van der Waals surface area contributed by atoms with E-state index in [9.17, 15) is 0 Å². The van der Waals surface area contributed by atoms with Crippen molar-refractivity contribution in [3.8, 4) is 0 Å². The van der Waals surface area contributed by atoms with Crippen molar-refractivity contribution < 1.29 is 0 Å². The highest BCUT2D eigenvalue weighted by atomic mass is 79.9. The number of hydrogen-bond donors (Lipinski definition) is 1. The molecule has 1 aliphatic rings. The lowest BCUT2D eigenvalue weighted by Gasteiger charge is -2.05. The second-order valence-electron chi connectivity index (χ2n) is 5.17. The number of rotatable bonds is 5. The third-order valence-electron chi connectivity index (χ3n) is 3.61. The summed E-state index contributed by atoms with van der Waals surface area (Å²) in [6.45, 7) is 6.10. The van der Waals surface area contributed by atoms with Crippen LogP contribution in [0.2, 0.25) is 0 Å². The molecule has 1 aliphatic carbocycles. The standard InChI is InChI=1S/C14H18BrN3S/c1-9-13(7-16-11-3-4-11)10(2)18(17-9)8-12-5-6-14(15)19-12/h5-6,11,16H,3-4,7-8H2,1-2H3. The monoisotopic (exact) mass is 339 g/mol. The van der Waals surface area contributed by atoms with Gasteiger partial charge < -0.3 is 5.32 Å². The van der Waals surface area contributed by atoms with Gasteiger partial charge in [0.05, 0.1) is 16.0 Å². The Labute approximate surface area is 126 Å². The summed E-state index contributed by atoms with van der Waals surface area (Å²) >= 11 is 5.29. The summed E-state index contributed by atoms with van der Waals surface area (Å²) in [6.07, 6.45) is 2.66. The predicted octanol–water partition coefficient (Wildman–Crippen LogP) is 3.62. The molecule has 2 aromatic heterocycles. The first-order chi connectivity index (χ1) is 9.13. The Hall–Kier alpha value is -0.650. The van der Waals surface area contributed by atoms with Gasteiger partial charge in [-0.05, 0) is 54.8 Å². The van der Waals surface area contributed by atoms with Crippen LogP contribution in [0.4, 0.5) is 0 Å². The Balaban J connectivity index is 1.75. The number of aromatic nitrogens is 2. The maximum Gasteiger partial charge on any atom is 0.0755 e. The summed E-state index contributed by atoms with van der Waals surface area (Å²) in [5.41, 5.74) is 3.80. The number of halogens is 1. The average Bonchev–Trinajstić information content (AvgIpc) is 3.05. The van der Waals surface area contributed by atoms with Crippen LogP contribution in [0.3, 0.4) is 0 Å². The van der Waals surface area contributed by atoms with Crippen LogP contribution in [0, 0.1) is 13.8 Å². The molecular weight excluding hydrogens is 322 g/mol. The Morgan fingerprint density at radius 1 is 1.42 bits per heavy atom. The lowest BCUT2D eigenvalue weighted by molar-refractivity contribution is 0.657. The Kier molecular flexibility index (Phi) is 3.78. The molecule has 3 nitrogen and oxygen atoms in total. The summed E-state index contributed by atoms with van der Waals surface area (Å²) in [7, 11) is 0. The van der Waals surface area contributed by atoms with Crippen LogP contribution in [0.5, 0.6) is 0 Å². The fraction of sp³-hybridized carbons (Fsp3) is 0.500. The molecule has 1 fully saturated rings. The Morgan fingerprint density at radius 3 is 2.84 bits per heavy atom. The maximum absolute atomic E-state index is 4.68. The molecule has 0 radical (unpaired) electrons. The molecule has 19 heavy (non-hydrogen) atoms. The van der Waals surface area contributed by atoms with E-state index in [-0.39, 0.29) is 0 Å². The molecule has 102 valence electrons. The summed E-state index contributed by atoms with van der Waals surface area (Å²) in [5, 5.41) is 8.26. The lowest BCUT2D eigenvalue weighted by atomic mass is 10.2. The summed E-state index contributed by atoms with van der Waals surface area (Å²) in [4.78, 5) is 1.33. The molecule has 1 N–H and O–H groups in total. The molecule has 0 amide bonds. The van der Waals surface area contributed by atoms with E-state index in [0.29, 0.717) is 0 Å². The molecule has 0 atom stereocenters. The highest BCUT2D eigenvalue weighted by molar-refractivity contribution is 9.11. The average molecular weight is 340 g/mol. The van der Waals surface area contributed by atoms with Crippen molar-refractivity contribution in [2.24, 2.45) is 0 Å². The van der Waals surface area contributed by atoms with Gasteiger partial charge in [0.15, 0.2) is 0 Å². The molecule has 0 bridgehead atoms. The molecule has 5 heteroatoms. The molecule has 0 aliphatic heterocycles. The normalized spacial score (nSPS) is 15.1. The van der Waals surface area contributed by atoms with E-state index in [0.717, 1.165) is 24.8 Å². The van der Waals surface area contributed by atoms with Crippen LogP contribution in [-0.4, -0.2) is 15.8 Å². The van der Waals surface area contributed by atoms with Gasteiger partial charge >= 0.3 is 0 Å². The van der Waals surface area contributed by atoms with Crippen LogP contribution in [0.25, 0.3) is 0 Å². The van der Waals surface area contributed by atoms with Crippen molar-refractivity contribution >= 4 is 27.3 Å². The molecule has 0 spiro atoms. The van der Waals surface area contributed by atoms with Gasteiger partial charge in [0.2, 0.25) is 0 Å².